The Labute approximate surface area is 214 Å². The Hall–Kier alpha value is -3.37. The summed E-state index contributed by atoms with van der Waals surface area (Å²) >= 11 is 6.50. The van der Waals surface area contributed by atoms with Gasteiger partial charge in [-0.15, -0.1) is 11.8 Å². The second-order valence-corrected chi connectivity index (χ2v) is 8.97. The molecule has 0 bridgehead atoms. The maximum Gasteiger partial charge on any atom is 0.397 e. The number of benzene rings is 3. The van der Waals surface area contributed by atoms with Crippen molar-refractivity contribution in [2.24, 2.45) is 0 Å². The number of carbonyl (C=O) groups excluding carboxylic acids is 1. The van der Waals surface area contributed by atoms with E-state index in [1.807, 2.05) is 0 Å². The molecule has 6 nitrogen and oxygen atoms in total. The lowest BCUT2D eigenvalue weighted by Crippen LogP contribution is -2.12. The number of rotatable bonds is 10. The first kappa shape index (κ1) is 27.2. The van der Waals surface area contributed by atoms with Crippen molar-refractivity contribution in [2.45, 2.75) is 18.3 Å². The average Bonchev–Trinajstić information content (AvgIpc) is 2.80. The van der Waals surface area contributed by atoms with E-state index in [1.54, 1.807) is 42.5 Å². The number of carbonyl (C=O) groups is 2. The van der Waals surface area contributed by atoms with Crippen LogP contribution in [0, 0.1) is 0 Å². The summed E-state index contributed by atoms with van der Waals surface area (Å²) in [6.45, 7) is 0. The Balaban J connectivity index is 1.89. The van der Waals surface area contributed by atoms with E-state index in [-0.39, 0.29) is 23.7 Å². The molecule has 0 heterocycles. The number of carboxylic acids is 1. The van der Waals surface area contributed by atoms with Crippen LogP contribution in [0.4, 0.5) is 18.9 Å². The summed E-state index contributed by atoms with van der Waals surface area (Å²) in [7, 11) is 1.41. The summed E-state index contributed by atoms with van der Waals surface area (Å²) in [5, 5.41) is 12.3. The average molecular weight is 540 g/mol. The maximum absolute atomic E-state index is 12.7. The van der Waals surface area contributed by atoms with Crippen molar-refractivity contribution >= 4 is 40.9 Å². The van der Waals surface area contributed by atoms with Crippen molar-refractivity contribution in [3.05, 3.63) is 82.4 Å². The van der Waals surface area contributed by atoms with Crippen molar-refractivity contribution in [1.82, 2.24) is 0 Å². The number of alkyl halides is 3. The number of carboxylic acid groups (broad SMARTS) is 1. The van der Waals surface area contributed by atoms with Crippen LogP contribution in [0.1, 0.15) is 21.5 Å². The van der Waals surface area contributed by atoms with Crippen molar-refractivity contribution in [2.75, 3.05) is 18.2 Å². The highest BCUT2D eigenvalue weighted by Gasteiger charge is 2.27. The zero-order chi connectivity index (χ0) is 26.3. The minimum Gasteiger partial charge on any atom is -0.493 e. The molecule has 0 aliphatic heterocycles. The first-order chi connectivity index (χ1) is 17.0. The molecule has 0 atom stereocenters. The monoisotopic (exact) mass is 539 g/mol. The number of hydrogen-bond acceptors (Lipinski definition) is 5. The molecule has 0 saturated heterocycles. The number of anilines is 1. The molecule has 0 fully saturated rings. The van der Waals surface area contributed by atoms with Crippen LogP contribution in [0.25, 0.3) is 0 Å². The summed E-state index contributed by atoms with van der Waals surface area (Å²) in [5.41, 5.74) is 1.56. The molecular weight excluding hydrogens is 519 g/mol. The van der Waals surface area contributed by atoms with E-state index < -0.39 is 23.8 Å². The lowest BCUT2D eigenvalue weighted by molar-refractivity contribution is -0.136. The van der Waals surface area contributed by atoms with Crippen LogP contribution in [0.15, 0.2) is 60.7 Å². The highest BCUT2D eigenvalue weighted by molar-refractivity contribution is 7.98. The molecule has 0 aliphatic rings. The Bertz CT molecular complexity index is 1240. The molecule has 3 rings (SSSR count). The van der Waals surface area contributed by atoms with E-state index >= 15 is 0 Å². The van der Waals surface area contributed by atoms with E-state index in [4.69, 9.17) is 26.2 Å². The van der Waals surface area contributed by atoms with Crippen LogP contribution in [0.2, 0.25) is 5.02 Å². The number of nitrogens with one attached hydrogen (secondary N) is 1. The summed E-state index contributed by atoms with van der Waals surface area (Å²) in [6.07, 6.45) is -4.59. The molecule has 11 heteroatoms. The van der Waals surface area contributed by atoms with Gasteiger partial charge < -0.3 is 19.9 Å². The third-order valence-corrected chi connectivity index (χ3v) is 6.05. The SMILES string of the molecule is COc1ccc(CC(=O)O)cc1Oc1ccc(NC(=O)c2ccc(Cl)cc2)cc1CSCC(F)(F)F. The number of ether oxygens (including phenoxy) is 2. The van der Waals surface area contributed by atoms with E-state index in [1.165, 1.54) is 25.3 Å². The minimum absolute atomic E-state index is 0.0589. The molecule has 0 unspecified atom stereocenters. The van der Waals surface area contributed by atoms with Gasteiger partial charge in [-0.3, -0.25) is 9.59 Å². The molecule has 0 saturated carbocycles. The number of methoxy groups -OCH3 is 1. The smallest absolute Gasteiger partial charge is 0.397 e. The Morgan fingerprint density at radius 1 is 1.00 bits per heavy atom. The fourth-order valence-electron chi connectivity index (χ4n) is 3.15. The van der Waals surface area contributed by atoms with E-state index in [0.29, 0.717) is 44.9 Å². The first-order valence-electron chi connectivity index (χ1n) is 10.4. The Morgan fingerprint density at radius 3 is 2.33 bits per heavy atom. The number of amides is 1. The topological polar surface area (TPSA) is 84.9 Å². The molecule has 3 aromatic rings. The van der Waals surface area contributed by atoms with Gasteiger partial charge in [-0.05, 0) is 60.2 Å². The molecule has 1 amide bonds. The molecule has 2 N–H and O–H groups in total. The molecule has 36 heavy (non-hydrogen) atoms. The lowest BCUT2D eigenvalue weighted by Gasteiger charge is -2.16. The van der Waals surface area contributed by atoms with Gasteiger partial charge in [0.1, 0.15) is 5.75 Å². The van der Waals surface area contributed by atoms with Gasteiger partial charge in [0.05, 0.1) is 19.3 Å². The van der Waals surface area contributed by atoms with Crippen LogP contribution < -0.4 is 14.8 Å². The summed E-state index contributed by atoms with van der Waals surface area (Å²) < 4.78 is 49.5. The molecule has 0 aliphatic carbocycles. The van der Waals surface area contributed by atoms with E-state index in [2.05, 4.69) is 5.32 Å². The van der Waals surface area contributed by atoms with Gasteiger partial charge in [0.15, 0.2) is 11.5 Å². The van der Waals surface area contributed by atoms with Gasteiger partial charge in [0.25, 0.3) is 5.91 Å². The Morgan fingerprint density at radius 2 is 1.69 bits per heavy atom. The van der Waals surface area contributed by atoms with E-state index in [9.17, 15) is 22.8 Å². The van der Waals surface area contributed by atoms with Crippen LogP contribution in [-0.4, -0.2) is 36.0 Å². The third-order valence-electron chi connectivity index (χ3n) is 4.75. The molecule has 0 radical (unpaired) electrons. The second-order valence-electron chi connectivity index (χ2n) is 7.55. The maximum atomic E-state index is 12.7. The van der Waals surface area contributed by atoms with Crippen molar-refractivity contribution in [3.63, 3.8) is 0 Å². The van der Waals surface area contributed by atoms with Crippen molar-refractivity contribution in [3.8, 4) is 17.2 Å². The molecular formula is C25H21ClF3NO5S. The van der Waals surface area contributed by atoms with Crippen LogP contribution in [0.3, 0.4) is 0 Å². The summed E-state index contributed by atoms with van der Waals surface area (Å²) in [6, 6.07) is 15.4. The zero-order valence-electron chi connectivity index (χ0n) is 18.9. The van der Waals surface area contributed by atoms with Gasteiger partial charge in [-0.2, -0.15) is 13.2 Å². The first-order valence-corrected chi connectivity index (χ1v) is 12.0. The molecule has 190 valence electrons. The van der Waals surface area contributed by atoms with Gasteiger partial charge in [-0.1, -0.05) is 17.7 Å². The zero-order valence-corrected chi connectivity index (χ0v) is 20.5. The predicted octanol–water partition coefficient (Wildman–Crippen LogP) is 6.82. The van der Waals surface area contributed by atoms with Crippen LogP contribution in [-0.2, 0) is 17.0 Å². The van der Waals surface area contributed by atoms with Crippen LogP contribution in [0.5, 0.6) is 17.2 Å². The summed E-state index contributed by atoms with van der Waals surface area (Å²) in [5.74, 6) is -1.82. The van der Waals surface area contributed by atoms with E-state index in [0.717, 1.165) is 0 Å². The standard InChI is InChI=1S/C25H21ClF3NO5S/c1-34-21-8-2-15(11-23(31)32)10-22(21)35-20-9-7-19(12-17(20)13-36-14-25(27,28)29)30-24(33)16-3-5-18(26)6-4-16/h2-10,12H,11,13-14H2,1H3,(H,30,33)(H,31,32). The predicted molar refractivity (Wildman–Crippen MR) is 132 cm³/mol. The number of aliphatic carboxylic acids is 1. The minimum atomic E-state index is -4.35. The fraction of sp³-hybridized carbons (Fsp3) is 0.200. The van der Waals surface area contributed by atoms with Gasteiger partial charge in [-0.25, -0.2) is 0 Å². The lowest BCUT2D eigenvalue weighted by atomic mass is 10.1. The second kappa shape index (κ2) is 12.0. The highest BCUT2D eigenvalue weighted by Crippen LogP contribution is 2.37. The van der Waals surface area contributed by atoms with Crippen molar-refractivity contribution in [1.29, 1.82) is 0 Å². The number of halogens is 4. The summed E-state index contributed by atoms with van der Waals surface area (Å²) in [4.78, 5) is 23.6. The number of hydrogen-bond donors (Lipinski definition) is 2. The molecule has 0 aromatic heterocycles. The largest absolute Gasteiger partial charge is 0.493 e. The van der Waals surface area contributed by atoms with Gasteiger partial charge in [0, 0.05) is 27.6 Å². The third kappa shape index (κ3) is 8.10. The fourth-order valence-corrected chi connectivity index (χ4v) is 4.06. The Kier molecular flexibility index (Phi) is 9.11. The normalized spacial score (nSPS) is 11.1. The molecule has 3 aromatic carbocycles. The number of thioether (sulfide) groups is 1. The van der Waals surface area contributed by atoms with Gasteiger partial charge >= 0.3 is 12.1 Å². The quantitative estimate of drug-likeness (QED) is 0.294. The van der Waals surface area contributed by atoms with Crippen LogP contribution >= 0.6 is 23.4 Å². The van der Waals surface area contributed by atoms with Gasteiger partial charge in [0.2, 0.25) is 0 Å². The molecule has 0 spiro atoms. The highest BCUT2D eigenvalue weighted by atomic mass is 35.5. The van der Waals surface area contributed by atoms with Crippen molar-refractivity contribution < 1.29 is 37.3 Å².